The topological polar surface area (TPSA) is 57.1 Å². The molecule has 0 bridgehead atoms. The van der Waals surface area contributed by atoms with Gasteiger partial charge in [0.25, 0.3) is 0 Å². The Kier molecular flexibility index (Phi) is 3.60. The maximum absolute atomic E-state index is 12.3. The molecule has 1 N–H and O–H groups in total. The number of aliphatic imine (C=N–C) groups is 2. The summed E-state index contributed by atoms with van der Waals surface area (Å²) in [6, 6.07) is 0. The summed E-state index contributed by atoms with van der Waals surface area (Å²) < 4.78 is 0. The molecule has 2 atom stereocenters. The van der Waals surface area contributed by atoms with Crippen LogP contribution in [0.25, 0.3) is 0 Å². The van der Waals surface area contributed by atoms with E-state index in [2.05, 4.69) is 36.1 Å². The number of hydrogen-bond donors (Lipinski definition) is 1. The van der Waals surface area contributed by atoms with E-state index in [1.54, 1.807) is 0 Å². The van der Waals surface area contributed by atoms with Gasteiger partial charge in [-0.25, -0.2) is 9.98 Å². The second kappa shape index (κ2) is 5.23. The summed E-state index contributed by atoms with van der Waals surface area (Å²) in [4.78, 5) is 23.6. The SMILES string of the molecule is O=C1NCCCCC12CCN(C1=NCC(Br)C=N1)C2. The van der Waals surface area contributed by atoms with Crippen LogP contribution in [0.3, 0.4) is 0 Å². The molecule has 0 aromatic heterocycles. The predicted molar refractivity (Wildman–Crippen MR) is 79.0 cm³/mol. The zero-order chi connectivity index (χ0) is 13.3. The highest BCUT2D eigenvalue weighted by atomic mass is 79.9. The number of guanidine groups is 1. The smallest absolute Gasteiger partial charge is 0.228 e. The molecule has 2 saturated heterocycles. The van der Waals surface area contributed by atoms with Crippen LogP contribution in [0.2, 0.25) is 0 Å². The Labute approximate surface area is 121 Å². The molecule has 19 heavy (non-hydrogen) atoms. The van der Waals surface area contributed by atoms with Gasteiger partial charge in [-0.15, -0.1) is 0 Å². The molecule has 5 nitrogen and oxygen atoms in total. The number of nitrogens with zero attached hydrogens (tertiary/aromatic N) is 3. The van der Waals surface area contributed by atoms with Gasteiger partial charge in [-0.3, -0.25) is 4.79 Å². The number of rotatable bonds is 0. The first-order valence-electron chi connectivity index (χ1n) is 6.96. The van der Waals surface area contributed by atoms with Crippen molar-refractivity contribution >= 4 is 34.0 Å². The lowest BCUT2D eigenvalue weighted by Gasteiger charge is -2.26. The van der Waals surface area contributed by atoms with Crippen molar-refractivity contribution in [2.75, 3.05) is 26.2 Å². The fourth-order valence-electron chi connectivity index (χ4n) is 3.11. The van der Waals surface area contributed by atoms with Crippen molar-refractivity contribution in [1.82, 2.24) is 10.2 Å². The minimum absolute atomic E-state index is 0.209. The fraction of sp³-hybridized carbons (Fsp3) is 0.769. The van der Waals surface area contributed by atoms with E-state index < -0.39 is 0 Å². The first-order valence-corrected chi connectivity index (χ1v) is 7.87. The van der Waals surface area contributed by atoms with Crippen molar-refractivity contribution in [3.63, 3.8) is 0 Å². The molecule has 3 rings (SSSR count). The largest absolute Gasteiger partial charge is 0.356 e. The molecule has 2 fully saturated rings. The number of carbonyl (C=O) groups excluding carboxylic acids is 1. The van der Waals surface area contributed by atoms with Crippen LogP contribution in [0.4, 0.5) is 0 Å². The summed E-state index contributed by atoms with van der Waals surface area (Å²) in [5, 5.41) is 3.06. The summed E-state index contributed by atoms with van der Waals surface area (Å²) in [7, 11) is 0. The molecule has 0 aliphatic carbocycles. The van der Waals surface area contributed by atoms with Gasteiger partial charge in [0.15, 0.2) is 0 Å². The van der Waals surface area contributed by atoms with Crippen molar-refractivity contribution in [1.29, 1.82) is 0 Å². The number of alkyl halides is 1. The van der Waals surface area contributed by atoms with Gasteiger partial charge in [-0.1, -0.05) is 22.4 Å². The van der Waals surface area contributed by atoms with Crippen molar-refractivity contribution in [2.45, 2.75) is 30.5 Å². The number of carbonyl (C=O) groups is 1. The summed E-state index contributed by atoms with van der Waals surface area (Å²) in [5.74, 6) is 1.02. The average Bonchev–Trinajstić information content (AvgIpc) is 2.76. The molecule has 104 valence electrons. The molecule has 0 radical (unpaired) electrons. The van der Waals surface area contributed by atoms with E-state index in [0.29, 0.717) is 0 Å². The van der Waals surface area contributed by atoms with Crippen molar-refractivity contribution in [2.24, 2.45) is 15.4 Å². The van der Waals surface area contributed by atoms with Gasteiger partial charge in [-0.2, -0.15) is 0 Å². The molecule has 0 aromatic carbocycles. The maximum atomic E-state index is 12.3. The van der Waals surface area contributed by atoms with Crippen molar-refractivity contribution in [3.8, 4) is 0 Å². The monoisotopic (exact) mass is 326 g/mol. The van der Waals surface area contributed by atoms with Crippen LogP contribution < -0.4 is 5.32 Å². The summed E-state index contributed by atoms with van der Waals surface area (Å²) in [6.07, 6.45) is 6.03. The first kappa shape index (κ1) is 13.1. The van der Waals surface area contributed by atoms with Crippen LogP contribution >= 0.6 is 15.9 Å². The Morgan fingerprint density at radius 3 is 3.11 bits per heavy atom. The third-order valence-electron chi connectivity index (χ3n) is 4.24. The number of halogens is 1. The number of amides is 1. The van der Waals surface area contributed by atoms with Crippen LogP contribution in [0.15, 0.2) is 9.98 Å². The third kappa shape index (κ3) is 2.55. The average molecular weight is 327 g/mol. The first-order chi connectivity index (χ1) is 9.20. The normalized spacial score (nSPS) is 35.2. The maximum Gasteiger partial charge on any atom is 0.228 e. The summed E-state index contributed by atoms with van der Waals surface area (Å²) in [5.41, 5.74) is -0.209. The molecule has 1 spiro atoms. The van der Waals surface area contributed by atoms with Crippen molar-refractivity contribution < 1.29 is 4.79 Å². The van der Waals surface area contributed by atoms with Gasteiger partial charge >= 0.3 is 0 Å². The van der Waals surface area contributed by atoms with Crippen LogP contribution in [-0.2, 0) is 4.79 Å². The van der Waals surface area contributed by atoms with E-state index in [1.807, 2.05) is 6.21 Å². The van der Waals surface area contributed by atoms with E-state index in [9.17, 15) is 4.79 Å². The fourth-order valence-corrected chi connectivity index (χ4v) is 3.37. The van der Waals surface area contributed by atoms with Crippen molar-refractivity contribution in [3.05, 3.63) is 0 Å². The highest BCUT2D eigenvalue weighted by molar-refractivity contribution is 9.10. The zero-order valence-electron chi connectivity index (χ0n) is 10.9. The lowest BCUT2D eigenvalue weighted by molar-refractivity contribution is -0.130. The lowest BCUT2D eigenvalue weighted by atomic mass is 9.82. The molecular weight excluding hydrogens is 308 g/mol. The Morgan fingerprint density at radius 1 is 1.42 bits per heavy atom. The molecule has 0 saturated carbocycles. The van der Waals surface area contributed by atoms with Gasteiger partial charge in [0, 0.05) is 25.8 Å². The minimum atomic E-state index is -0.209. The van der Waals surface area contributed by atoms with E-state index in [1.165, 1.54) is 0 Å². The molecule has 6 heteroatoms. The second-order valence-corrected chi connectivity index (χ2v) is 6.78. The zero-order valence-corrected chi connectivity index (χ0v) is 12.5. The van der Waals surface area contributed by atoms with Gasteiger partial charge in [-0.05, 0) is 19.3 Å². The van der Waals surface area contributed by atoms with E-state index in [0.717, 1.165) is 57.8 Å². The standard InChI is InChI=1S/C13H19BrN4O/c14-10-7-16-12(17-8-10)18-6-4-13(9-18)3-1-2-5-15-11(13)19/h7,10H,1-6,8-9H2,(H,15,19). The highest BCUT2D eigenvalue weighted by Crippen LogP contribution is 2.37. The van der Waals surface area contributed by atoms with E-state index in [-0.39, 0.29) is 16.1 Å². The quantitative estimate of drug-likeness (QED) is 0.680. The number of nitrogens with one attached hydrogen (secondary N) is 1. The predicted octanol–water partition coefficient (Wildman–Crippen LogP) is 1.18. The molecule has 2 unspecified atom stereocenters. The second-order valence-electron chi connectivity index (χ2n) is 5.60. The van der Waals surface area contributed by atoms with Crippen LogP contribution in [0.1, 0.15) is 25.7 Å². The number of likely N-dealkylation sites (tertiary alicyclic amines) is 1. The van der Waals surface area contributed by atoms with E-state index in [4.69, 9.17) is 0 Å². The Hall–Kier alpha value is -0.910. The summed E-state index contributed by atoms with van der Waals surface area (Å²) >= 11 is 3.48. The molecule has 3 heterocycles. The van der Waals surface area contributed by atoms with E-state index >= 15 is 0 Å². The molecular formula is C13H19BrN4O. The Bertz CT molecular complexity index is 436. The van der Waals surface area contributed by atoms with Gasteiger partial charge < -0.3 is 10.2 Å². The van der Waals surface area contributed by atoms with Gasteiger partial charge in [0.1, 0.15) is 0 Å². The molecule has 0 aromatic rings. The van der Waals surface area contributed by atoms with Crippen LogP contribution in [0.5, 0.6) is 0 Å². The van der Waals surface area contributed by atoms with Gasteiger partial charge in [0.05, 0.1) is 16.8 Å². The van der Waals surface area contributed by atoms with Crippen LogP contribution in [0, 0.1) is 5.41 Å². The molecule has 1 amide bonds. The minimum Gasteiger partial charge on any atom is -0.356 e. The lowest BCUT2D eigenvalue weighted by Crippen LogP contribution is -2.42. The summed E-state index contributed by atoms with van der Waals surface area (Å²) in [6.45, 7) is 3.21. The van der Waals surface area contributed by atoms with Gasteiger partial charge in [0.2, 0.25) is 11.9 Å². The molecule has 3 aliphatic heterocycles. The number of hydrogen-bond acceptors (Lipinski definition) is 4. The Morgan fingerprint density at radius 2 is 2.32 bits per heavy atom. The van der Waals surface area contributed by atoms with Crippen LogP contribution in [-0.4, -0.2) is 54.0 Å². The third-order valence-corrected chi connectivity index (χ3v) is 4.77. The Balaban J connectivity index is 1.72. The molecule has 3 aliphatic rings. The highest BCUT2D eigenvalue weighted by Gasteiger charge is 2.45.